The zero-order chi connectivity index (χ0) is 19.4. The van der Waals surface area contributed by atoms with Crippen LogP contribution in [0, 0.1) is 0 Å². The maximum absolute atomic E-state index is 2.38. The molecular weight excluding hydrogens is 360 g/mol. The molecule has 0 N–H and O–H groups in total. The second-order valence-electron chi connectivity index (χ2n) is 8.80. The molecule has 0 saturated heterocycles. The van der Waals surface area contributed by atoms with Crippen LogP contribution in [-0.4, -0.2) is 0 Å². The minimum absolute atomic E-state index is 1.03. The van der Waals surface area contributed by atoms with Crippen molar-refractivity contribution >= 4 is 43.8 Å². The van der Waals surface area contributed by atoms with E-state index in [-0.39, 0.29) is 0 Å². The summed E-state index contributed by atoms with van der Waals surface area (Å²) in [4.78, 5) is 0. The highest BCUT2D eigenvalue weighted by atomic mass is 14.4. The van der Waals surface area contributed by atoms with Gasteiger partial charge < -0.3 is 0 Å². The van der Waals surface area contributed by atoms with Crippen molar-refractivity contribution in [3.8, 4) is 0 Å². The van der Waals surface area contributed by atoms with E-state index in [1.807, 2.05) is 0 Å². The van der Waals surface area contributed by atoms with E-state index in [1.165, 1.54) is 77.2 Å². The summed E-state index contributed by atoms with van der Waals surface area (Å²) in [5.41, 5.74) is 14.3. The fraction of sp³-hybridized carbons (Fsp3) is 0.0667. The van der Waals surface area contributed by atoms with E-state index >= 15 is 0 Å². The molecule has 138 valence electrons. The Morgan fingerprint density at radius 2 is 1.00 bits per heavy atom. The third-order valence-corrected chi connectivity index (χ3v) is 7.37. The van der Waals surface area contributed by atoms with Crippen molar-refractivity contribution in [2.45, 2.75) is 12.8 Å². The molecule has 0 unspecified atom stereocenters. The highest BCUT2D eigenvalue weighted by Gasteiger charge is 2.34. The average Bonchev–Trinajstić information content (AvgIpc) is 3.31. The van der Waals surface area contributed by atoms with E-state index in [0.717, 1.165) is 12.8 Å². The minimum atomic E-state index is 1.03. The van der Waals surface area contributed by atoms with Crippen molar-refractivity contribution in [1.82, 2.24) is 0 Å². The Labute approximate surface area is 175 Å². The Hall–Kier alpha value is -3.64. The van der Waals surface area contributed by atoms with Gasteiger partial charge in [-0.1, -0.05) is 85.0 Å². The molecule has 0 bridgehead atoms. The summed E-state index contributed by atoms with van der Waals surface area (Å²) in [5.74, 6) is 0. The van der Waals surface area contributed by atoms with Crippen LogP contribution in [-0.2, 0) is 12.8 Å². The molecule has 0 radical (unpaired) electrons. The summed E-state index contributed by atoms with van der Waals surface area (Å²) in [6.07, 6.45) is 11.5. The van der Waals surface area contributed by atoms with Gasteiger partial charge in [-0.2, -0.15) is 0 Å². The molecule has 0 heteroatoms. The maximum Gasteiger partial charge on any atom is -0.00137 e. The molecule has 4 aromatic rings. The largest absolute Gasteiger partial charge is 0.0795 e. The second-order valence-corrected chi connectivity index (χ2v) is 8.80. The molecule has 4 aromatic carbocycles. The van der Waals surface area contributed by atoms with Crippen LogP contribution in [0.15, 0.2) is 85.0 Å². The summed E-state index contributed by atoms with van der Waals surface area (Å²) >= 11 is 0. The lowest BCUT2D eigenvalue weighted by molar-refractivity contribution is 1.25. The van der Waals surface area contributed by atoms with Gasteiger partial charge in [-0.25, -0.2) is 0 Å². The van der Waals surface area contributed by atoms with E-state index < -0.39 is 0 Å². The third kappa shape index (κ3) is 1.63. The Morgan fingerprint density at radius 1 is 0.500 bits per heavy atom. The fourth-order valence-corrected chi connectivity index (χ4v) is 6.24. The Morgan fingerprint density at radius 3 is 1.50 bits per heavy atom. The Kier molecular flexibility index (Phi) is 2.59. The van der Waals surface area contributed by atoms with Crippen molar-refractivity contribution in [3.63, 3.8) is 0 Å². The number of hydrogen-bond donors (Lipinski definition) is 0. The lowest BCUT2D eigenvalue weighted by Gasteiger charge is -2.16. The van der Waals surface area contributed by atoms with Crippen molar-refractivity contribution in [2.24, 2.45) is 0 Å². The van der Waals surface area contributed by atoms with Gasteiger partial charge in [0.15, 0.2) is 0 Å². The van der Waals surface area contributed by atoms with Gasteiger partial charge in [-0.3, -0.25) is 0 Å². The molecule has 0 fully saturated rings. The van der Waals surface area contributed by atoms with Gasteiger partial charge in [0.1, 0.15) is 0 Å². The van der Waals surface area contributed by atoms with Gasteiger partial charge in [0.2, 0.25) is 0 Å². The van der Waals surface area contributed by atoms with Crippen LogP contribution in [0.5, 0.6) is 0 Å². The van der Waals surface area contributed by atoms with Crippen LogP contribution >= 0.6 is 0 Å². The molecule has 4 aliphatic carbocycles. The van der Waals surface area contributed by atoms with Gasteiger partial charge in [0.25, 0.3) is 0 Å². The highest BCUT2D eigenvalue weighted by molar-refractivity contribution is 6.36. The van der Waals surface area contributed by atoms with Gasteiger partial charge >= 0.3 is 0 Å². The molecule has 4 aliphatic rings. The van der Waals surface area contributed by atoms with Crippen LogP contribution in [0.4, 0.5) is 0 Å². The van der Waals surface area contributed by atoms with E-state index in [4.69, 9.17) is 0 Å². The first-order valence-electron chi connectivity index (χ1n) is 10.8. The van der Waals surface area contributed by atoms with Gasteiger partial charge in [0, 0.05) is 0 Å². The van der Waals surface area contributed by atoms with Crippen LogP contribution in [0.2, 0.25) is 0 Å². The lowest BCUT2D eigenvalue weighted by atomic mass is 9.87. The lowest BCUT2D eigenvalue weighted by Crippen LogP contribution is -1.97. The first-order valence-corrected chi connectivity index (χ1v) is 10.8. The van der Waals surface area contributed by atoms with E-state index in [2.05, 4.69) is 85.0 Å². The first-order chi connectivity index (χ1) is 14.9. The number of rotatable bonds is 1. The quantitative estimate of drug-likeness (QED) is 0.324. The fourth-order valence-electron chi connectivity index (χ4n) is 6.24. The Balaban J connectivity index is 1.57. The van der Waals surface area contributed by atoms with Gasteiger partial charge in [0.05, 0.1) is 0 Å². The molecule has 0 atom stereocenters. The number of benzene rings is 4. The minimum Gasteiger partial charge on any atom is -0.0795 e. The van der Waals surface area contributed by atoms with Gasteiger partial charge in [-0.05, 0) is 90.1 Å². The molecule has 0 saturated carbocycles. The second kappa shape index (κ2) is 5.09. The molecular formula is C30H18. The predicted octanol–water partition coefficient (Wildman–Crippen LogP) is 7.37. The summed E-state index contributed by atoms with van der Waals surface area (Å²) in [6.45, 7) is 0. The molecule has 0 aliphatic heterocycles. The van der Waals surface area contributed by atoms with Crippen LogP contribution in [0.3, 0.4) is 0 Å². The molecule has 0 amide bonds. The zero-order valence-electron chi connectivity index (χ0n) is 16.5. The predicted molar refractivity (Wildman–Crippen MR) is 127 cm³/mol. The van der Waals surface area contributed by atoms with Crippen molar-refractivity contribution in [1.29, 1.82) is 0 Å². The molecule has 0 nitrogen and oxygen atoms in total. The summed E-state index contributed by atoms with van der Waals surface area (Å²) in [6, 6.07) is 22.9. The first kappa shape index (κ1) is 15.2. The molecule has 30 heavy (non-hydrogen) atoms. The van der Waals surface area contributed by atoms with E-state index in [1.54, 1.807) is 0 Å². The van der Waals surface area contributed by atoms with Crippen molar-refractivity contribution < 1.29 is 0 Å². The van der Waals surface area contributed by atoms with Crippen LogP contribution in [0.25, 0.3) is 43.8 Å². The highest BCUT2D eigenvalue weighted by Crippen LogP contribution is 2.57. The average molecular weight is 378 g/mol. The van der Waals surface area contributed by atoms with Crippen molar-refractivity contribution in [2.75, 3.05) is 0 Å². The number of allylic oxidation sites excluding steroid dienone is 8. The Bertz CT molecular complexity index is 1490. The van der Waals surface area contributed by atoms with Crippen molar-refractivity contribution in [3.05, 3.63) is 118 Å². The maximum atomic E-state index is 2.38. The van der Waals surface area contributed by atoms with E-state index in [0.29, 0.717) is 0 Å². The normalized spacial score (nSPS) is 17.2. The summed E-state index contributed by atoms with van der Waals surface area (Å²) < 4.78 is 0. The molecule has 0 aromatic heterocycles. The van der Waals surface area contributed by atoms with Crippen LogP contribution in [0.1, 0.15) is 33.4 Å². The SMILES string of the molecule is C1=CC2=C(C3=C4C=CCc5ccc6cccc3c6c54)c3cccc4ccc(c2c34)C1. The summed E-state index contributed by atoms with van der Waals surface area (Å²) in [5, 5.41) is 5.60. The standard InChI is InChI=1S/C30H18/c1-5-17-13-14-18-6-2-10-22-26(18)25(17)21(9-1)29(22)30-23-11-3-7-19-15-16-20-8-4-12-24(30)28(20)27(19)23/h1-5,7,9-16H,6,8H2. The topological polar surface area (TPSA) is 0 Å². The number of hydrogen-bond acceptors (Lipinski definition) is 0. The van der Waals surface area contributed by atoms with Crippen LogP contribution < -0.4 is 0 Å². The van der Waals surface area contributed by atoms with Gasteiger partial charge in [-0.15, -0.1) is 0 Å². The molecule has 0 spiro atoms. The third-order valence-electron chi connectivity index (χ3n) is 7.37. The van der Waals surface area contributed by atoms with E-state index in [9.17, 15) is 0 Å². The monoisotopic (exact) mass is 378 g/mol. The summed E-state index contributed by atoms with van der Waals surface area (Å²) in [7, 11) is 0. The molecule has 0 heterocycles. The zero-order valence-corrected chi connectivity index (χ0v) is 16.5. The smallest absolute Gasteiger partial charge is 0.00137 e. The molecule has 8 rings (SSSR count).